The summed E-state index contributed by atoms with van der Waals surface area (Å²) in [5, 5.41) is 12.1. The van der Waals surface area contributed by atoms with E-state index in [4.69, 9.17) is 9.47 Å². The lowest BCUT2D eigenvalue weighted by Gasteiger charge is -2.13. The fraction of sp³-hybridized carbons (Fsp3) is 0.150. The number of nitrogens with one attached hydrogen (secondary N) is 1. The number of aromatic hydroxyl groups is 1. The Morgan fingerprint density at radius 2 is 1.84 bits per heavy atom. The number of imide groups is 1. The predicted molar refractivity (Wildman–Crippen MR) is 124 cm³/mol. The molecule has 0 radical (unpaired) electrons. The Balaban J connectivity index is 1.76. The summed E-state index contributed by atoms with van der Waals surface area (Å²) < 4.78 is 11.0. The van der Waals surface area contributed by atoms with E-state index in [9.17, 15) is 19.5 Å². The molecule has 0 atom stereocenters. The average Bonchev–Trinajstić information content (AvgIpc) is 3.01. The number of anilines is 1. The molecule has 2 aromatic carbocycles. The van der Waals surface area contributed by atoms with Gasteiger partial charge in [0.15, 0.2) is 11.5 Å². The van der Waals surface area contributed by atoms with Gasteiger partial charge >= 0.3 is 0 Å². The lowest BCUT2D eigenvalue weighted by Crippen LogP contribution is -2.36. The van der Waals surface area contributed by atoms with Gasteiger partial charge in [-0.25, -0.2) is 0 Å². The second kappa shape index (κ2) is 9.75. The summed E-state index contributed by atoms with van der Waals surface area (Å²) in [6.07, 6.45) is 1.49. The first kappa shape index (κ1) is 23.2. The Morgan fingerprint density at radius 3 is 2.45 bits per heavy atom. The fourth-order valence-electron chi connectivity index (χ4n) is 2.67. The summed E-state index contributed by atoms with van der Waals surface area (Å²) >= 11 is 7.31. The van der Waals surface area contributed by atoms with Gasteiger partial charge in [0.05, 0.1) is 23.6 Å². The number of carbonyl (C=O) groups excluding carboxylic acids is 3. The topological polar surface area (TPSA) is 105 Å². The molecule has 1 aliphatic heterocycles. The van der Waals surface area contributed by atoms with Crippen molar-refractivity contribution in [2.45, 2.75) is 0 Å². The molecule has 8 nitrogen and oxygen atoms in total. The number of thioether (sulfide) groups is 1. The van der Waals surface area contributed by atoms with Gasteiger partial charge in [0.1, 0.15) is 12.3 Å². The summed E-state index contributed by atoms with van der Waals surface area (Å²) in [6.45, 7) is -0.419. The fourth-order valence-corrected chi connectivity index (χ4v) is 4.34. The van der Waals surface area contributed by atoms with Gasteiger partial charge in [-0.1, -0.05) is 0 Å². The van der Waals surface area contributed by atoms with Crippen molar-refractivity contribution in [3.63, 3.8) is 0 Å². The Hall–Kier alpha value is -2.50. The number of methoxy groups -OCH3 is 2. The van der Waals surface area contributed by atoms with E-state index in [0.29, 0.717) is 25.9 Å². The zero-order valence-corrected chi connectivity index (χ0v) is 20.3. The van der Waals surface area contributed by atoms with Gasteiger partial charge in [0.2, 0.25) is 5.91 Å². The van der Waals surface area contributed by atoms with Crippen LogP contribution in [-0.2, 0) is 9.59 Å². The van der Waals surface area contributed by atoms with Crippen LogP contribution in [0.5, 0.6) is 17.2 Å². The number of hydrogen-bond acceptors (Lipinski definition) is 7. The molecule has 31 heavy (non-hydrogen) atoms. The number of benzene rings is 2. The third-order valence-electron chi connectivity index (χ3n) is 4.23. The Morgan fingerprint density at radius 1 is 1.16 bits per heavy atom. The zero-order valence-electron chi connectivity index (χ0n) is 16.3. The van der Waals surface area contributed by atoms with Gasteiger partial charge in [-0.15, -0.1) is 0 Å². The van der Waals surface area contributed by atoms with Crippen molar-refractivity contribution in [2.24, 2.45) is 0 Å². The third-order valence-corrected chi connectivity index (χ3v) is 7.30. The van der Waals surface area contributed by atoms with Crippen LogP contribution in [0, 0.1) is 0 Å². The molecule has 0 unspecified atom stereocenters. The number of halogens is 2. The van der Waals surface area contributed by atoms with Crippen molar-refractivity contribution in [1.82, 2.24) is 4.90 Å². The quantitative estimate of drug-likeness (QED) is 0.488. The van der Waals surface area contributed by atoms with Crippen LogP contribution in [0.2, 0.25) is 0 Å². The number of amides is 3. The first-order valence-corrected chi connectivity index (χ1v) is 11.1. The smallest absolute Gasteiger partial charge is 0.294 e. The highest BCUT2D eigenvalue weighted by atomic mass is 79.9. The molecule has 162 valence electrons. The van der Waals surface area contributed by atoms with Crippen molar-refractivity contribution in [3.8, 4) is 17.2 Å². The summed E-state index contributed by atoms with van der Waals surface area (Å²) in [4.78, 5) is 38.4. The van der Waals surface area contributed by atoms with E-state index >= 15 is 0 Å². The molecule has 0 bridgehead atoms. The molecule has 2 aromatic rings. The van der Waals surface area contributed by atoms with E-state index in [2.05, 4.69) is 37.2 Å². The van der Waals surface area contributed by atoms with Crippen LogP contribution in [0.4, 0.5) is 10.5 Å². The highest BCUT2D eigenvalue weighted by molar-refractivity contribution is 9.13. The van der Waals surface area contributed by atoms with Crippen molar-refractivity contribution in [3.05, 3.63) is 49.7 Å². The van der Waals surface area contributed by atoms with Crippen LogP contribution < -0.4 is 14.8 Å². The number of phenolic OH excluding ortho intramolecular Hbond substituents is 1. The minimum absolute atomic E-state index is 0.102. The van der Waals surface area contributed by atoms with Crippen molar-refractivity contribution < 1.29 is 29.0 Å². The lowest BCUT2D eigenvalue weighted by molar-refractivity contribution is -0.127. The van der Waals surface area contributed by atoms with E-state index in [1.54, 1.807) is 24.3 Å². The highest BCUT2D eigenvalue weighted by Gasteiger charge is 2.36. The van der Waals surface area contributed by atoms with Crippen LogP contribution in [0.1, 0.15) is 5.56 Å². The van der Waals surface area contributed by atoms with Crippen LogP contribution in [-0.4, -0.2) is 47.8 Å². The van der Waals surface area contributed by atoms with Gasteiger partial charge in [-0.3, -0.25) is 19.3 Å². The summed E-state index contributed by atoms with van der Waals surface area (Å²) in [7, 11) is 2.93. The minimum Gasteiger partial charge on any atom is -0.503 e. The molecule has 2 N–H and O–H groups in total. The monoisotopic (exact) mass is 570 g/mol. The van der Waals surface area contributed by atoms with E-state index in [-0.39, 0.29) is 16.4 Å². The van der Waals surface area contributed by atoms with E-state index in [0.717, 1.165) is 16.7 Å². The maximum Gasteiger partial charge on any atom is 0.294 e. The van der Waals surface area contributed by atoms with E-state index in [1.807, 2.05) is 0 Å². The van der Waals surface area contributed by atoms with Crippen LogP contribution in [0.3, 0.4) is 0 Å². The van der Waals surface area contributed by atoms with Gasteiger partial charge in [-0.05, 0) is 85.6 Å². The molecular formula is C20H16Br2N2O6S. The largest absolute Gasteiger partial charge is 0.503 e. The van der Waals surface area contributed by atoms with E-state index in [1.165, 1.54) is 26.4 Å². The Bertz CT molecular complexity index is 1090. The molecule has 3 rings (SSSR count). The molecule has 0 saturated carbocycles. The van der Waals surface area contributed by atoms with Gasteiger partial charge in [0.25, 0.3) is 11.1 Å². The van der Waals surface area contributed by atoms with Gasteiger partial charge in [-0.2, -0.15) is 0 Å². The normalized spacial score (nSPS) is 14.8. The molecule has 3 amide bonds. The van der Waals surface area contributed by atoms with Crippen molar-refractivity contribution in [2.75, 3.05) is 26.1 Å². The SMILES string of the molecule is COc1ccc(NC(=O)CN2C(=O)S/C(=C/c3cc(OC)c(O)c(Br)c3Br)C2=O)cc1. The van der Waals surface area contributed by atoms with Gasteiger partial charge in [0, 0.05) is 10.2 Å². The second-order valence-corrected chi connectivity index (χ2v) is 8.77. The molecule has 11 heteroatoms. The number of hydrogen-bond donors (Lipinski definition) is 2. The molecule has 0 spiro atoms. The molecule has 0 aliphatic carbocycles. The third kappa shape index (κ3) is 5.05. The molecule has 1 heterocycles. The van der Waals surface area contributed by atoms with Crippen LogP contribution >= 0.6 is 43.6 Å². The summed E-state index contributed by atoms with van der Waals surface area (Å²) in [5.41, 5.74) is 1.02. The molecule has 1 fully saturated rings. The molecule has 1 aliphatic rings. The first-order valence-electron chi connectivity index (χ1n) is 8.69. The number of nitrogens with zero attached hydrogens (tertiary/aromatic N) is 1. The summed E-state index contributed by atoms with van der Waals surface area (Å²) in [5.74, 6) is -0.370. The maximum absolute atomic E-state index is 12.7. The Kier molecular flexibility index (Phi) is 7.29. The highest BCUT2D eigenvalue weighted by Crippen LogP contribution is 2.43. The van der Waals surface area contributed by atoms with E-state index < -0.39 is 23.6 Å². The van der Waals surface area contributed by atoms with Crippen molar-refractivity contribution >= 4 is 72.4 Å². The predicted octanol–water partition coefficient (Wildman–Crippen LogP) is 4.61. The zero-order chi connectivity index (χ0) is 22.7. The van der Waals surface area contributed by atoms with Crippen molar-refractivity contribution in [1.29, 1.82) is 0 Å². The van der Waals surface area contributed by atoms with Crippen LogP contribution in [0.15, 0.2) is 44.2 Å². The number of ether oxygens (including phenoxy) is 2. The van der Waals surface area contributed by atoms with Crippen LogP contribution in [0.25, 0.3) is 6.08 Å². The maximum atomic E-state index is 12.7. The molecular weight excluding hydrogens is 556 g/mol. The molecule has 1 saturated heterocycles. The average molecular weight is 572 g/mol. The minimum atomic E-state index is -0.588. The standard InChI is InChI=1S/C20H16Br2N2O6S/c1-29-12-5-3-11(4-6-12)23-15(25)9-24-19(27)14(31-20(24)28)8-10-7-13(30-2)18(26)17(22)16(10)21/h3-8,26H,9H2,1-2H3,(H,23,25)/b14-8+. The number of carbonyl (C=O) groups is 3. The summed E-state index contributed by atoms with van der Waals surface area (Å²) in [6, 6.07) is 8.19. The number of phenols is 1. The molecule has 0 aromatic heterocycles. The second-order valence-electron chi connectivity index (χ2n) is 6.19. The first-order chi connectivity index (χ1) is 14.7. The number of rotatable bonds is 6. The Labute approximate surface area is 198 Å². The van der Waals surface area contributed by atoms with Gasteiger partial charge < -0.3 is 19.9 Å². The lowest BCUT2D eigenvalue weighted by atomic mass is 10.2.